The van der Waals surface area contributed by atoms with Crippen LogP contribution in [0.15, 0.2) is 24.3 Å². The minimum absolute atomic E-state index is 0.814. The number of aromatic nitrogens is 2. The molecule has 0 aliphatic heterocycles. The lowest BCUT2D eigenvalue weighted by Crippen LogP contribution is -2.12. The molecule has 20 heavy (non-hydrogen) atoms. The highest BCUT2D eigenvalue weighted by Crippen LogP contribution is 2.22. The Labute approximate surface area is 120 Å². The fourth-order valence-corrected chi connectivity index (χ4v) is 2.90. The highest BCUT2D eigenvalue weighted by Gasteiger charge is 2.15. The number of aryl methyl sites for hydroxylation is 4. The van der Waals surface area contributed by atoms with Crippen LogP contribution in [0.5, 0.6) is 0 Å². The van der Waals surface area contributed by atoms with E-state index in [2.05, 4.69) is 24.0 Å². The zero-order valence-electron chi connectivity index (χ0n) is 12.0. The number of anilines is 1. The summed E-state index contributed by atoms with van der Waals surface area (Å²) in [6, 6.07) is 8.07. The molecule has 3 nitrogen and oxygen atoms in total. The molecule has 0 atom stereocenters. The van der Waals surface area contributed by atoms with Crippen LogP contribution >= 0.6 is 0 Å². The Kier molecular flexibility index (Phi) is 3.68. The molecule has 0 saturated heterocycles. The van der Waals surface area contributed by atoms with Gasteiger partial charge in [-0.05, 0) is 62.3 Å². The molecule has 1 aromatic carbocycles. The molecule has 1 aromatic heterocycles. The Morgan fingerprint density at radius 3 is 2.55 bits per heavy atom. The van der Waals surface area contributed by atoms with Gasteiger partial charge in [0.15, 0.2) is 0 Å². The summed E-state index contributed by atoms with van der Waals surface area (Å²) in [6.07, 6.45) is 6.69. The van der Waals surface area contributed by atoms with Crippen LogP contribution in [0.3, 0.4) is 0 Å². The fraction of sp³-hybridized carbons (Fsp3) is 0.412. The van der Waals surface area contributed by atoms with Gasteiger partial charge in [-0.1, -0.05) is 12.1 Å². The molecule has 104 valence electrons. The molecule has 0 fully saturated rings. The van der Waals surface area contributed by atoms with E-state index in [1.807, 2.05) is 12.1 Å². The molecular formula is C17H21N3. The number of hydrogen-bond acceptors (Lipinski definition) is 3. The summed E-state index contributed by atoms with van der Waals surface area (Å²) in [5.41, 5.74) is 11.7. The van der Waals surface area contributed by atoms with Crippen molar-refractivity contribution in [3.63, 3.8) is 0 Å². The first kappa shape index (κ1) is 13.1. The first-order valence-corrected chi connectivity index (χ1v) is 7.42. The molecule has 1 aliphatic carbocycles. The predicted molar refractivity (Wildman–Crippen MR) is 81.7 cm³/mol. The summed E-state index contributed by atoms with van der Waals surface area (Å²) in [5, 5.41) is 0. The molecule has 3 rings (SSSR count). The van der Waals surface area contributed by atoms with Gasteiger partial charge in [-0.15, -0.1) is 0 Å². The molecule has 0 unspecified atom stereocenters. The minimum Gasteiger partial charge on any atom is -0.399 e. The molecule has 2 N–H and O–H groups in total. The van der Waals surface area contributed by atoms with E-state index in [9.17, 15) is 0 Å². The number of fused-ring (bicyclic) bond motifs is 1. The van der Waals surface area contributed by atoms with Gasteiger partial charge in [0.1, 0.15) is 5.82 Å². The van der Waals surface area contributed by atoms with Crippen LogP contribution < -0.4 is 5.73 Å². The van der Waals surface area contributed by atoms with Crippen molar-refractivity contribution in [3.8, 4) is 0 Å². The van der Waals surface area contributed by atoms with E-state index in [4.69, 9.17) is 10.7 Å². The van der Waals surface area contributed by atoms with Crippen LogP contribution in [-0.4, -0.2) is 9.97 Å². The van der Waals surface area contributed by atoms with Gasteiger partial charge in [0.05, 0.1) is 0 Å². The highest BCUT2D eigenvalue weighted by molar-refractivity contribution is 5.39. The van der Waals surface area contributed by atoms with E-state index in [0.29, 0.717) is 0 Å². The van der Waals surface area contributed by atoms with E-state index >= 15 is 0 Å². The van der Waals surface area contributed by atoms with Crippen molar-refractivity contribution in [2.75, 3.05) is 5.73 Å². The molecule has 2 aromatic rings. The quantitative estimate of drug-likeness (QED) is 0.870. The summed E-state index contributed by atoms with van der Waals surface area (Å²) in [5.74, 6) is 0.986. The van der Waals surface area contributed by atoms with Crippen LogP contribution in [0.1, 0.15) is 41.2 Å². The van der Waals surface area contributed by atoms with Crippen molar-refractivity contribution in [1.29, 1.82) is 0 Å². The molecule has 3 heteroatoms. The second-order valence-corrected chi connectivity index (χ2v) is 5.60. The molecule has 1 aliphatic rings. The maximum Gasteiger partial charge on any atom is 0.129 e. The normalized spacial score (nSPS) is 14.1. The largest absolute Gasteiger partial charge is 0.399 e. The summed E-state index contributed by atoms with van der Waals surface area (Å²) in [6.45, 7) is 2.12. The zero-order chi connectivity index (χ0) is 13.9. The smallest absolute Gasteiger partial charge is 0.129 e. The van der Waals surface area contributed by atoms with Gasteiger partial charge in [0.25, 0.3) is 0 Å². The van der Waals surface area contributed by atoms with E-state index in [1.54, 1.807) is 0 Å². The van der Waals surface area contributed by atoms with E-state index in [-0.39, 0.29) is 0 Å². The van der Waals surface area contributed by atoms with Gasteiger partial charge in [0.2, 0.25) is 0 Å². The third-order valence-corrected chi connectivity index (χ3v) is 4.05. The van der Waals surface area contributed by atoms with Crippen molar-refractivity contribution in [2.45, 2.75) is 45.4 Å². The lowest BCUT2D eigenvalue weighted by Gasteiger charge is -2.17. The third-order valence-electron chi connectivity index (χ3n) is 4.05. The Hall–Kier alpha value is -1.90. The first-order valence-electron chi connectivity index (χ1n) is 7.42. The third kappa shape index (κ3) is 2.82. The number of rotatable bonds is 3. The topological polar surface area (TPSA) is 51.8 Å². The molecule has 0 saturated carbocycles. The van der Waals surface area contributed by atoms with E-state index in [0.717, 1.165) is 37.2 Å². The monoisotopic (exact) mass is 267 g/mol. The van der Waals surface area contributed by atoms with Gasteiger partial charge in [-0.25, -0.2) is 9.97 Å². The maximum atomic E-state index is 5.71. The summed E-state index contributed by atoms with van der Waals surface area (Å²) >= 11 is 0. The van der Waals surface area contributed by atoms with Crippen LogP contribution in [-0.2, 0) is 25.7 Å². The van der Waals surface area contributed by atoms with E-state index < -0.39 is 0 Å². The zero-order valence-corrected chi connectivity index (χ0v) is 12.0. The standard InChI is InChI=1S/C17H21N3/c1-12-15-4-2-3-5-16(15)20-17(19-12)11-8-13-6-9-14(18)10-7-13/h6-7,9-10H,2-5,8,11,18H2,1H3. The van der Waals surface area contributed by atoms with Crippen molar-refractivity contribution in [1.82, 2.24) is 9.97 Å². The van der Waals surface area contributed by atoms with E-state index in [1.165, 1.54) is 35.4 Å². The number of nitrogens with zero attached hydrogens (tertiary/aromatic N) is 2. The molecule has 0 spiro atoms. The van der Waals surface area contributed by atoms with Crippen molar-refractivity contribution in [3.05, 3.63) is 52.6 Å². The Bertz CT molecular complexity index is 602. The molecule has 0 amide bonds. The van der Waals surface area contributed by atoms with Crippen molar-refractivity contribution < 1.29 is 0 Å². The van der Waals surface area contributed by atoms with Crippen LogP contribution in [0.25, 0.3) is 0 Å². The molecule has 1 heterocycles. The van der Waals surface area contributed by atoms with Crippen LogP contribution in [0.4, 0.5) is 5.69 Å². The second kappa shape index (κ2) is 5.61. The van der Waals surface area contributed by atoms with Gasteiger partial charge < -0.3 is 5.73 Å². The van der Waals surface area contributed by atoms with Crippen molar-refractivity contribution in [2.24, 2.45) is 0 Å². The van der Waals surface area contributed by atoms with Crippen LogP contribution in [0.2, 0.25) is 0 Å². The number of benzene rings is 1. The minimum atomic E-state index is 0.814. The lowest BCUT2D eigenvalue weighted by atomic mass is 9.95. The molecule has 0 radical (unpaired) electrons. The Balaban J connectivity index is 1.74. The van der Waals surface area contributed by atoms with Gasteiger partial charge in [0, 0.05) is 23.5 Å². The maximum absolute atomic E-state index is 5.71. The average Bonchev–Trinajstić information content (AvgIpc) is 2.47. The number of hydrogen-bond donors (Lipinski definition) is 1. The van der Waals surface area contributed by atoms with Crippen LogP contribution in [0, 0.1) is 6.92 Å². The van der Waals surface area contributed by atoms with Gasteiger partial charge in [-0.3, -0.25) is 0 Å². The first-order chi connectivity index (χ1) is 9.72. The summed E-state index contributed by atoms with van der Waals surface area (Å²) in [7, 11) is 0. The molecular weight excluding hydrogens is 246 g/mol. The van der Waals surface area contributed by atoms with Gasteiger partial charge >= 0.3 is 0 Å². The summed E-state index contributed by atoms with van der Waals surface area (Å²) in [4.78, 5) is 9.45. The number of nitrogen functional groups attached to an aromatic ring is 1. The van der Waals surface area contributed by atoms with Gasteiger partial charge in [-0.2, -0.15) is 0 Å². The lowest BCUT2D eigenvalue weighted by molar-refractivity contribution is 0.645. The fourth-order valence-electron chi connectivity index (χ4n) is 2.90. The highest BCUT2D eigenvalue weighted by atomic mass is 14.9. The number of nitrogens with two attached hydrogens (primary N) is 1. The summed E-state index contributed by atoms with van der Waals surface area (Å²) < 4.78 is 0. The SMILES string of the molecule is Cc1nc(CCc2ccc(N)cc2)nc2c1CCCC2. The Morgan fingerprint density at radius 2 is 1.75 bits per heavy atom. The average molecular weight is 267 g/mol. The molecule has 0 bridgehead atoms. The predicted octanol–water partition coefficient (Wildman–Crippen LogP) is 3.03. The Morgan fingerprint density at radius 1 is 1.00 bits per heavy atom. The second-order valence-electron chi connectivity index (χ2n) is 5.60. The van der Waals surface area contributed by atoms with Crippen molar-refractivity contribution >= 4 is 5.69 Å².